The minimum Gasteiger partial charge on any atom is -0.216 e. The molecule has 0 aliphatic heterocycles. The number of hydrogen-bond donors (Lipinski definition) is 0. The highest BCUT2D eigenvalue weighted by molar-refractivity contribution is 4.91. The van der Waals surface area contributed by atoms with E-state index < -0.39 is 0 Å². The largest absolute Gasteiger partial charge is 0.216 e. The molecule has 14 heavy (non-hydrogen) atoms. The minimum atomic E-state index is 0.000000000000000444. The van der Waals surface area contributed by atoms with Crippen LogP contribution in [0.1, 0.15) is 48.0 Å². The third-order valence-corrected chi connectivity index (χ3v) is 0.978. The molecular weight excluding hydrogens is 182 g/mol. The predicted molar refractivity (Wildman–Crippen MR) is 61.6 cm³/mol. The lowest BCUT2D eigenvalue weighted by molar-refractivity contribution is 0.586. The van der Waals surface area contributed by atoms with Crippen LogP contribution in [0.15, 0.2) is 24.3 Å². The maximum Gasteiger partial charge on any atom is 0.0959 e. The van der Waals surface area contributed by atoms with Crippen molar-refractivity contribution in [2.45, 2.75) is 48.0 Å². The molecule has 0 nitrogen and oxygen atoms in total. The van der Waals surface area contributed by atoms with Gasteiger partial charge in [0.05, 0.1) is 12.2 Å². The van der Waals surface area contributed by atoms with Gasteiger partial charge in [0.2, 0.25) is 0 Å². The first-order valence-corrected chi connectivity index (χ1v) is 5.16. The van der Waals surface area contributed by atoms with Gasteiger partial charge in [-0.2, -0.15) is 0 Å². The summed E-state index contributed by atoms with van der Waals surface area (Å²) in [4.78, 5) is 0. The molecule has 0 atom stereocenters. The van der Waals surface area contributed by atoms with Gasteiger partial charge in [-0.05, 0) is 19.3 Å². The van der Waals surface area contributed by atoms with Crippen LogP contribution < -0.4 is 0 Å². The van der Waals surface area contributed by atoms with Crippen molar-refractivity contribution < 1.29 is 8.78 Å². The van der Waals surface area contributed by atoms with Crippen molar-refractivity contribution >= 4 is 0 Å². The lowest BCUT2D eigenvalue weighted by Gasteiger charge is -1.93. The zero-order valence-electron chi connectivity index (χ0n) is 10.3. The smallest absolute Gasteiger partial charge is 0.0959 e. The molecule has 0 aromatic carbocycles. The van der Waals surface area contributed by atoms with Crippen molar-refractivity contribution in [1.29, 1.82) is 0 Å². The van der Waals surface area contributed by atoms with Crippen LogP contribution >= 0.6 is 0 Å². The number of halogens is 2. The van der Waals surface area contributed by atoms with E-state index in [1.807, 2.05) is 34.6 Å². The summed E-state index contributed by atoms with van der Waals surface area (Å²) in [6.07, 6.45) is 4.00. The lowest BCUT2D eigenvalue weighted by Crippen LogP contribution is -1.79. The van der Waals surface area contributed by atoms with Crippen LogP contribution in [-0.4, -0.2) is 0 Å². The van der Waals surface area contributed by atoms with Crippen LogP contribution in [0.5, 0.6) is 0 Å². The van der Waals surface area contributed by atoms with Gasteiger partial charge in [0, 0.05) is 0 Å². The monoisotopic (exact) mass is 206 g/mol. The first kappa shape index (κ1) is 19.0. The molecule has 0 heterocycles. The second-order valence-electron chi connectivity index (χ2n) is 2.67. The van der Waals surface area contributed by atoms with Gasteiger partial charge in [-0.25, -0.2) is 8.78 Å². The first-order chi connectivity index (χ1) is 6.58. The van der Waals surface area contributed by atoms with Crippen LogP contribution in [-0.2, 0) is 0 Å². The van der Waals surface area contributed by atoms with Crippen LogP contribution in [0.3, 0.4) is 0 Å². The Hall–Kier alpha value is -0.660. The van der Waals surface area contributed by atoms with E-state index in [1.165, 1.54) is 6.08 Å². The maximum absolute atomic E-state index is 12.2. The summed E-state index contributed by atoms with van der Waals surface area (Å²) < 4.78 is 22.8. The zero-order chi connectivity index (χ0) is 12.0. The standard InChI is InChI=1S/C7H13F.C3H5F.C2H6/c1-4-7(8)5-6(2)3;1-2-3-4;1-2/h5-6H,4H2,1-3H3;2-3H,1H3;1-2H3/b7-5+;3-2+;. The third-order valence-electron chi connectivity index (χ3n) is 0.978. The highest BCUT2D eigenvalue weighted by Crippen LogP contribution is 2.05. The van der Waals surface area contributed by atoms with Crippen molar-refractivity contribution in [3.63, 3.8) is 0 Å². The highest BCUT2D eigenvalue weighted by Gasteiger charge is 1.90. The Kier molecular flexibility index (Phi) is 24.7. The molecule has 0 spiro atoms. The average Bonchev–Trinajstić information content (AvgIpc) is 2.20. The molecule has 0 radical (unpaired) electrons. The fourth-order valence-electron chi connectivity index (χ4n) is 0.480. The van der Waals surface area contributed by atoms with E-state index in [0.717, 1.165) is 0 Å². The zero-order valence-corrected chi connectivity index (χ0v) is 10.3. The maximum atomic E-state index is 12.2. The number of allylic oxidation sites excluding steroid dienone is 3. The van der Waals surface area contributed by atoms with E-state index in [0.29, 0.717) is 18.7 Å². The molecule has 0 fully saturated rings. The van der Waals surface area contributed by atoms with Gasteiger partial charge >= 0.3 is 0 Å². The van der Waals surface area contributed by atoms with Crippen LogP contribution in [0.4, 0.5) is 8.78 Å². The van der Waals surface area contributed by atoms with Gasteiger partial charge in [-0.3, -0.25) is 0 Å². The molecule has 0 amide bonds. The van der Waals surface area contributed by atoms with Gasteiger partial charge in [-0.15, -0.1) is 0 Å². The Morgan fingerprint density at radius 1 is 1.29 bits per heavy atom. The Labute approximate surface area is 87.7 Å². The predicted octanol–water partition coefficient (Wildman–Crippen LogP) is 5.42. The van der Waals surface area contributed by atoms with Gasteiger partial charge in [0.1, 0.15) is 0 Å². The van der Waals surface area contributed by atoms with E-state index in [2.05, 4.69) is 0 Å². The minimum absolute atomic E-state index is 0.000000000000000444. The van der Waals surface area contributed by atoms with E-state index in [9.17, 15) is 8.78 Å². The molecule has 0 saturated heterocycles. The van der Waals surface area contributed by atoms with E-state index in [-0.39, 0.29) is 5.83 Å². The molecule has 0 rings (SSSR count). The van der Waals surface area contributed by atoms with Crippen LogP contribution in [0, 0.1) is 5.92 Å². The summed E-state index contributed by atoms with van der Waals surface area (Å²) >= 11 is 0. The van der Waals surface area contributed by atoms with Gasteiger partial charge in [0.15, 0.2) is 0 Å². The molecule has 0 aliphatic rings. The highest BCUT2D eigenvalue weighted by atomic mass is 19.1. The van der Waals surface area contributed by atoms with Crippen molar-refractivity contribution in [3.8, 4) is 0 Å². The first-order valence-electron chi connectivity index (χ1n) is 5.16. The molecular formula is C12H24F2. The normalized spacial score (nSPS) is 10.5. The second kappa shape index (κ2) is 18.2. The van der Waals surface area contributed by atoms with Gasteiger partial charge in [-0.1, -0.05) is 46.8 Å². The van der Waals surface area contributed by atoms with Crippen LogP contribution in [0.25, 0.3) is 0 Å². The summed E-state index contributed by atoms with van der Waals surface area (Å²) in [5.74, 6) is 0.343. The van der Waals surface area contributed by atoms with Crippen molar-refractivity contribution in [2.24, 2.45) is 5.92 Å². The summed E-state index contributed by atoms with van der Waals surface area (Å²) in [7, 11) is 0. The van der Waals surface area contributed by atoms with Crippen LogP contribution in [0.2, 0.25) is 0 Å². The van der Waals surface area contributed by atoms with Crippen molar-refractivity contribution in [3.05, 3.63) is 24.3 Å². The quantitative estimate of drug-likeness (QED) is 0.565. The number of rotatable bonds is 2. The molecule has 86 valence electrons. The SMILES string of the molecule is C/C=C/F.CC.CC/C(F)=C\C(C)C. The van der Waals surface area contributed by atoms with Gasteiger partial charge < -0.3 is 0 Å². The Bertz CT molecular complexity index is 131. The molecule has 0 aromatic rings. The van der Waals surface area contributed by atoms with Gasteiger partial charge in [0.25, 0.3) is 0 Å². The summed E-state index contributed by atoms with van der Waals surface area (Å²) in [5, 5.41) is 0. The topological polar surface area (TPSA) is 0 Å². The Balaban J connectivity index is -0.000000170. The molecule has 0 bridgehead atoms. The Morgan fingerprint density at radius 2 is 1.64 bits per heavy atom. The lowest BCUT2D eigenvalue weighted by atomic mass is 10.2. The van der Waals surface area contributed by atoms with E-state index in [4.69, 9.17) is 0 Å². The molecule has 0 saturated carbocycles. The van der Waals surface area contributed by atoms with Crippen molar-refractivity contribution in [2.75, 3.05) is 0 Å². The van der Waals surface area contributed by atoms with Crippen molar-refractivity contribution in [1.82, 2.24) is 0 Å². The molecule has 0 aromatic heterocycles. The fourth-order valence-corrected chi connectivity index (χ4v) is 0.480. The van der Waals surface area contributed by atoms with E-state index >= 15 is 0 Å². The van der Waals surface area contributed by atoms with E-state index in [1.54, 1.807) is 13.0 Å². The summed E-state index contributed by atoms with van der Waals surface area (Å²) in [6, 6.07) is 0. The third kappa shape index (κ3) is 30.2. The number of hydrogen-bond acceptors (Lipinski definition) is 0. The Morgan fingerprint density at radius 3 is 1.71 bits per heavy atom. The summed E-state index contributed by atoms with van der Waals surface area (Å²) in [5.41, 5.74) is 0. The fraction of sp³-hybridized carbons (Fsp3) is 0.667. The molecule has 0 N–H and O–H groups in total. The molecule has 0 aliphatic carbocycles. The molecule has 0 unspecified atom stereocenters. The second-order valence-corrected chi connectivity index (χ2v) is 2.67. The molecule has 2 heteroatoms. The summed E-state index contributed by atoms with van der Waals surface area (Å²) in [6.45, 7) is 11.4. The average molecular weight is 206 g/mol.